The third-order valence-electron chi connectivity index (χ3n) is 4.00. The van der Waals surface area contributed by atoms with Gasteiger partial charge in [0.1, 0.15) is 17.2 Å². The van der Waals surface area contributed by atoms with E-state index >= 15 is 0 Å². The highest BCUT2D eigenvalue weighted by molar-refractivity contribution is 7.74. The number of hydrogen-bond acceptors (Lipinski definition) is 4. The van der Waals surface area contributed by atoms with E-state index in [4.69, 9.17) is 4.52 Å². The van der Waals surface area contributed by atoms with Crippen LogP contribution in [-0.2, 0) is 4.57 Å². The Bertz CT molecular complexity index is 931. The molecule has 1 unspecified atom stereocenters. The summed E-state index contributed by atoms with van der Waals surface area (Å²) in [6.45, 7) is 3.75. The number of rotatable bonds is 4. The first-order valence-electron chi connectivity index (χ1n) is 7.86. The molecule has 0 spiro atoms. The van der Waals surface area contributed by atoms with E-state index in [1.54, 1.807) is 24.3 Å². The minimum absolute atomic E-state index is 0.0707. The summed E-state index contributed by atoms with van der Waals surface area (Å²) in [7, 11) is -3.67. The summed E-state index contributed by atoms with van der Waals surface area (Å²) in [6.07, 6.45) is 0. The fraction of sp³-hybridized carbons (Fsp3) is 0.100. The number of para-hydroxylation sites is 1. The Morgan fingerprint density at radius 2 is 1.48 bits per heavy atom. The van der Waals surface area contributed by atoms with Crippen molar-refractivity contribution in [2.75, 3.05) is 0 Å². The topological polar surface area (TPSA) is 66.8 Å². The van der Waals surface area contributed by atoms with Crippen LogP contribution in [0.5, 0.6) is 17.2 Å². The Hall–Kier alpha value is -2.71. The minimum Gasteiger partial charge on any atom is -0.508 e. The lowest BCUT2D eigenvalue weighted by Gasteiger charge is -2.23. The van der Waals surface area contributed by atoms with Crippen LogP contribution in [0.25, 0.3) is 0 Å². The van der Waals surface area contributed by atoms with Gasteiger partial charge < -0.3 is 14.7 Å². The number of benzene rings is 3. The molecular weight excluding hydrogens is 335 g/mol. The molecule has 3 aromatic carbocycles. The second-order valence-electron chi connectivity index (χ2n) is 5.87. The van der Waals surface area contributed by atoms with Crippen molar-refractivity contribution in [2.45, 2.75) is 13.8 Å². The first-order valence-corrected chi connectivity index (χ1v) is 9.48. The molecule has 0 amide bonds. The van der Waals surface area contributed by atoms with Crippen molar-refractivity contribution >= 4 is 18.0 Å². The predicted molar refractivity (Wildman–Crippen MR) is 99.6 cm³/mol. The van der Waals surface area contributed by atoms with Gasteiger partial charge in [-0.05, 0) is 55.3 Å². The van der Waals surface area contributed by atoms with E-state index in [9.17, 15) is 14.8 Å². The Balaban J connectivity index is 2.24. The number of phenols is 2. The van der Waals surface area contributed by atoms with Crippen LogP contribution >= 0.6 is 7.37 Å². The van der Waals surface area contributed by atoms with Crippen LogP contribution in [0.3, 0.4) is 0 Å². The molecule has 0 saturated heterocycles. The summed E-state index contributed by atoms with van der Waals surface area (Å²) >= 11 is 0. The second kappa shape index (κ2) is 6.66. The summed E-state index contributed by atoms with van der Waals surface area (Å²) in [5.74, 6) is 0.239. The van der Waals surface area contributed by atoms with Crippen LogP contribution in [0.1, 0.15) is 11.1 Å². The first-order chi connectivity index (χ1) is 11.9. The summed E-state index contributed by atoms with van der Waals surface area (Å²) < 4.78 is 20.0. The summed E-state index contributed by atoms with van der Waals surface area (Å²) in [4.78, 5) is 0. The Labute approximate surface area is 146 Å². The molecule has 0 bridgehead atoms. The predicted octanol–water partition coefficient (Wildman–Crippen LogP) is 4.02. The standard InChI is InChI=1S/C20H19O4P/c1-14-7-6-8-15(2)20(14)24-25(23,17-9-4-3-5-10-17)19-13-16(21)11-12-18(19)22/h3-13,21-22H,1-2H3. The van der Waals surface area contributed by atoms with Gasteiger partial charge in [0.2, 0.25) is 0 Å². The van der Waals surface area contributed by atoms with Crippen molar-refractivity contribution in [3.8, 4) is 17.2 Å². The zero-order chi connectivity index (χ0) is 18.0. The van der Waals surface area contributed by atoms with Crippen molar-refractivity contribution in [3.63, 3.8) is 0 Å². The van der Waals surface area contributed by atoms with Crippen LogP contribution in [0.15, 0.2) is 66.7 Å². The molecule has 0 radical (unpaired) electrons. The molecule has 128 valence electrons. The fourth-order valence-electron chi connectivity index (χ4n) is 2.68. The summed E-state index contributed by atoms with van der Waals surface area (Å²) in [5, 5.41) is 20.6. The van der Waals surface area contributed by atoms with Crippen molar-refractivity contribution in [2.24, 2.45) is 0 Å². The average Bonchev–Trinajstić information content (AvgIpc) is 2.61. The summed E-state index contributed by atoms with van der Waals surface area (Å²) in [5.41, 5.74) is 1.69. The third-order valence-corrected chi connectivity index (χ3v) is 6.41. The number of hydrogen-bond donors (Lipinski definition) is 2. The fourth-order valence-corrected chi connectivity index (χ4v) is 4.95. The Morgan fingerprint density at radius 3 is 2.12 bits per heavy atom. The molecule has 0 aliphatic rings. The van der Waals surface area contributed by atoms with Crippen molar-refractivity contribution in [1.29, 1.82) is 0 Å². The van der Waals surface area contributed by atoms with Crippen molar-refractivity contribution < 1.29 is 19.3 Å². The third kappa shape index (κ3) is 3.26. The van der Waals surface area contributed by atoms with Crippen LogP contribution in [0.4, 0.5) is 0 Å². The van der Waals surface area contributed by atoms with E-state index < -0.39 is 7.37 Å². The monoisotopic (exact) mass is 354 g/mol. The number of aromatic hydroxyl groups is 2. The van der Waals surface area contributed by atoms with Gasteiger partial charge in [-0.15, -0.1) is 0 Å². The molecule has 25 heavy (non-hydrogen) atoms. The van der Waals surface area contributed by atoms with Crippen LogP contribution in [0.2, 0.25) is 0 Å². The van der Waals surface area contributed by atoms with Crippen molar-refractivity contribution in [1.82, 2.24) is 0 Å². The zero-order valence-electron chi connectivity index (χ0n) is 14.0. The quantitative estimate of drug-likeness (QED) is 0.548. The minimum atomic E-state index is -3.67. The van der Waals surface area contributed by atoms with E-state index in [2.05, 4.69) is 0 Å². The van der Waals surface area contributed by atoms with Gasteiger partial charge in [-0.25, -0.2) is 0 Å². The lowest BCUT2D eigenvalue weighted by Crippen LogP contribution is -2.21. The lowest BCUT2D eigenvalue weighted by atomic mass is 10.1. The average molecular weight is 354 g/mol. The number of aryl methyl sites for hydroxylation is 2. The second-order valence-corrected chi connectivity index (χ2v) is 8.16. The van der Waals surface area contributed by atoms with E-state index in [-0.39, 0.29) is 16.8 Å². The normalized spacial score (nSPS) is 13.2. The molecule has 0 aliphatic carbocycles. The molecule has 0 fully saturated rings. The summed E-state index contributed by atoms with van der Waals surface area (Å²) in [6, 6.07) is 18.3. The van der Waals surface area contributed by atoms with Gasteiger partial charge in [0.05, 0.1) is 10.6 Å². The Morgan fingerprint density at radius 1 is 0.840 bits per heavy atom. The molecular formula is C20H19O4P. The van der Waals surface area contributed by atoms with Crippen molar-refractivity contribution in [3.05, 3.63) is 77.9 Å². The van der Waals surface area contributed by atoms with E-state index in [0.29, 0.717) is 11.1 Å². The maximum atomic E-state index is 14.0. The van der Waals surface area contributed by atoms with Gasteiger partial charge >= 0.3 is 7.37 Å². The molecule has 4 nitrogen and oxygen atoms in total. The molecule has 0 heterocycles. The highest BCUT2D eigenvalue weighted by atomic mass is 31.2. The van der Waals surface area contributed by atoms with Crippen LogP contribution < -0.4 is 15.1 Å². The van der Waals surface area contributed by atoms with E-state index in [1.165, 1.54) is 18.2 Å². The largest absolute Gasteiger partial charge is 0.508 e. The molecule has 2 N–H and O–H groups in total. The molecule has 3 rings (SSSR count). The highest BCUT2D eigenvalue weighted by Crippen LogP contribution is 2.49. The van der Waals surface area contributed by atoms with Gasteiger partial charge in [-0.2, -0.15) is 0 Å². The van der Waals surface area contributed by atoms with Gasteiger partial charge in [-0.1, -0.05) is 36.4 Å². The van der Waals surface area contributed by atoms with Crippen LogP contribution in [0, 0.1) is 13.8 Å². The molecule has 1 atom stereocenters. The SMILES string of the molecule is Cc1cccc(C)c1OP(=O)(c1ccccc1)c1cc(O)ccc1O. The van der Waals surface area contributed by atoms with E-state index in [1.807, 2.05) is 38.1 Å². The van der Waals surface area contributed by atoms with Gasteiger partial charge in [0.25, 0.3) is 0 Å². The van der Waals surface area contributed by atoms with Crippen LogP contribution in [-0.4, -0.2) is 10.2 Å². The van der Waals surface area contributed by atoms with Gasteiger partial charge in [-0.3, -0.25) is 4.57 Å². The number of phenolic OH excluding ortho intramolecular Hbond substituents is 2. The molecule has 5 heteroatoms. The smallest absolute Gasteiger partial charge is 0.310 e. The highest BCUT2D eigenvalue weighted by Gasteiger charge is 2.34. The Kier molecular flexibility index (Phi) is 4.56. The molecule has 3 aromatic rings. The zero-order valence-corrected chi connectivity index (χ0v) is 14.9. The molecule has 0 aromatic heterocycles. The maximum Gasteiger partial charge on any atom is 0.310 e. The lowest BCUT2D eigenvalue weighted by molar-refractivity contribution is 0.459. The van der Waals surface area contributed by atoms with Gasteiger partial charge in [0.15, 0.2) is 0 Å². The molecule has 0 saturated carbocycles. The first kappa shape index (κ1) is 17.1. The maximum absolute atomic E-state index is 14.0. The molecule has 0 aliphatic heterocycles. The van der Waals surface area contributed by atoms with Gasteiger partial charge in [0, 0.05) is 0 Å². The van der Waals surface area contributed by atoms with E-state index in [0.717, 1.165) is 11.1 Å².